The Morgan fingerprint density at radius 1 is 1.07 bits per heavy atom. The second-order valence-corrected chi connectivity index (χ2v) is 12.3. The molecule has 2 fully saturated rings. The van der Waals surface area contributed by atoms with E-state index in [-0.39, 0.29) is 30.2 Å². The maximum Gasteiger partial charge on any atom is 0.416 e. The van der Waals surface area contributed by atoms with E-state index in [0.29, 0.717) is 60.3 Å². The van der Waals surface area contributed by atoms with Gasteiger partial charge >= 0.3 is 6.18 Å². The van der Waals surface area contributed by atoms with Crippen LogP contribution in [0.4, 0.5) is 24.5 Å². The van der Waals surface area contributed by atoms with Gasteiger partial charge in [0.25, 0.3) is 5.91 Å². The summed E-state index contributed by atoms with van der Waals surface area (Å²) in [5.74, 6) is 0.533. The lowest BCUT2D eigenvalue weighted by Crippen LogP contribution is -2.37. The molecule has 1 amide bonds. The van der Waals surface area contributed by atoms with E-state index in [9.17, 15) is 18.0 Å². The Kier molecular flexibility index (Phi) is 10.3. The van der Waals surface area contributed by atoms with Crippen LogP contribution in [0.2, 0.25) is 10.0 Å². The maximum atomic E-state index is 13.5. The predicted octanol–water partition coefficient (Wildman–Crippen LogP) is 8.38. The summed E-state index contributed by atoms with van der Waals surface area (Å²) < 4.78 is 58.0. The van der Waals surface area contributed by atoms with Crippen LogP contribution in [-0.2, 0) is 20.4 Å². The molecule has 3 aromatic rings. The molecule has 6 nitrogen and oxygen atoms in total. The van der Waals surface area contributed by atoms with Crippen LogP contribution in [0.15, 0.2) is 60.7 Å². The Hall–Kier alpha value is -2.98. The molecule has 0 aromatic heterocycles. The minimum atomic E-state index is -4.55. The van der Waals surface area contributed by atoms with Crippen LogP contribution in [0.3, 0.4) is 0 Å². The van der Waals surface area contributed by atoms with Gasteiger partial charge in [0, 0.05) is 29.1 Å². The number of anilines is 2. The van der Waals surface area contributed by atoms with Crippen molar-refractivity contribution in [3.63, 3.8) is 0 Å². The van der Waals surface area contributed by atoms with Crippen molar-refractivity contribution in [1.82, 2.24) is 0 Å². The molecule has 2 saturated heterocycles. The van der Waals surface area contributed by atoms with Gasteiger partial charge in [0.05, 0.1) is 42.9 Å². The zero-order valence-electron chi connectivity index (χ0n) is 24.5. The molecule has 2 heterocycles. The van der Waals surface area contributed by atoms with Crippen LogP contribution < -0.4 is 15.0 Å². The van der Waals surface area contributed by atoms with Crippen LogP contribution in [0.1, 0.15) is 49.0 Å². The van der Waals surface area contributed by atoms with Gasteiger partial charge in [0.1, 0.15) is 5.75 Å². The smallest absolute Gasteiger partial charge is 0.416 e. The van der Waals surface area contributed by atoms with Crippen molar-refractivity contribution in [2.75, 3.05) is 49.7 Å². The van der Waals surface area contributed by atoms with E-state index in [1.807, 2.05) is 35.2 Å². The monoisotopic (exact) mass is 650 g/mol. The van der Waals surface area contributed by atoms with E-state index in [1.54, 1.807) is 12.1 Å². The highest BCUT2D eigenvalue weighted by Gasteiger charge is 2.36. The van der Waals surface area contributed by atoms with Gasteiger partial charge in [-0.2, -0.15) is 13.2 Å². The van der Waals surface area contributed by atoms with Crippen molar-refractivity contribution in [2.24, 2.45) is 11.8 Å². The van der Waals surface area contributed by atoms with Crippen molar-refractivity contribution < 1.29 is 32.2 Å². The number of hydrogen-bond donors (Lipinski definition) is 1. The largest absolute Gasteiger partial charge is 0.484 e. The van der Waals surface area contributed by atoms with Crippen molar-refractivity contribution in [3.8, 4) is 5.75 Å². The molecule has 11 heteroatoms. The third-order valence-electron chi connectivity index (χ3n) is 8.19. The van der Waals surface area contributed by atoms with E-state index < -0.39 is 17.6 Å². The quantitative estimate of drug-likeness (QED) is 0.265. The molecule has 0 saturated carbocycles. The zero-order valence-corrected chi connectivity index (χ0v) is 26.0. The molecule has 236 valence electrons. The van der Waals surface area contributed by atoms with Gasteiger partial charge in [-0.3, -0.25) is 4.79 Å². The summed E-state index contributed by atoms with van der Waals surface area (Å²) in [5, 5.41) is 3.85. The number of nitrogens with one attached hydrogen (secondary N) is 1. The number of rotatable bonds is 8. The lowest BCUT2D eigenvalue weighted by atomic mass is 9.76. The molecule has 0 bridgehead atoms. The number of alkyl halides is 3. The molecular weight excluding hydrogens is 616 g/mol. The summed E-state index contributed by atoms with van der Waals surface area (Å²) in [6, 6.07) is 16.3. The van der Waals surface area contributed by atoms with Gasteiger partial charge in [-0.15, -0.1) is 0 Å². The molecule has 2 aliphatic heterocycles. The van der Waals surface area contributed by atoms with Gasteiger partial charge in [0.15, 0.2) is 6.61 Å². The number of carbonyl (C=O) groups excluding carboxylic acids is 1. The molecule has 5 rings (SSSR count). The first-order valence-electron chi connectivity index (χ1n) is 14.6. The topological polar surface area (TPSA) is 60.0 Å². The molecule has 0 unspecified atom stereocenters. The van der Waals surface area contributed by atoms with Crippen molar-refractivity contribution in [2.45, 2.75) is 38.5 Å². The summed E-state index contributed by atoms with van der Waals surface area (Å²) in [6.07, 6.45) is -3.86. The second kappa shape index (κ2) is 14.0. The molecule has 3 atom stereocenters. The molecule has 0 spiro atoms. The summed E-state index contributed by atoms with van der Waals surface area (Å²) in [4.78, 5) is 14.8. The van der Waals surface area contributed by atoms with Crippen LogP contribution in [0.5, 0.6) is 5.75 Å². The van der Waals surface area contributed by atoms with Crippen LogP contribution in [0.25, 0.3) is 0 Å². The fourth-order valence-electron chi connectivity index (χ4n) is 5.89. The Morgan fingerprint density at radius 3 is 2.55 bits per heavy atom. The highest BCUT2D eigenvalue weighted by molar-refractivity contribution is 6.35. The van der Waals surface area contributed by atoms with Crippen LogP contribution in [-0.4, -0.2) is 45.4 Å². The average Bonchev–Trinajstić information content (AvgIpc) is 3.00. The Balaban J connectivity index is 1.26. The highest BCUT2D eigenvalue weighted by Crippen LogP contribution is 2.45. The number of morpholine rings is 1. The first-order chi connectivity index (χ1) is 21.0. The third-order valence-corrected chi connectivity index (χ3v) is 8.75. The van der Waals surface area contributed by atoms with Crippen LogP contribution >= 0.6 is 23.2 Å². The van der Waals surface area contributed by atoms with Crippen molar-refractivity contribution in [3.05, 3.63) is 87.4 Å². The number of halogens is 5. The SMILES string of the molecule is CC(C)[C@@H]1C[C@H](c2ccc(Cl)cc2Cl)CO[C@H]1c1cccc(OCC(=O)Nc2cc(C(F)(F)F)ccc2N2CCOCC2)c1. The van der Waals surface area contributed by atoms with E-state index in [1.165, 1.54) is 6.07 Å². The number of nitrogens with zero attached hydrogens (tertiary/aromatic N) is 1. The molecular formula is C33H35Cl2F3N2O4. The lowest BCUT2D eigenvalue weighted by molar-refractivity contribution is -0.137. The molecule has 0 radical (unpaired) electrons. The number of hydrogen-bond acceptors (Lipinski definition) is 5. The lowest BCUT2D eigenvalue weighted by Gasteiger charge is -2.39. The third kappa shape index (κ3) is 7.80. The van der Waals surface area contributed by atoms with Gasteiger partial charge in [-0.05, 0) is 71.8 Å². The maximum absolute atomic E-state index is 13.5. The average molecular weight is 652 g/mol. The molecule has 3 aromatic carbocycles. The van der Waals surface area contributed by atoms with E-state index in [0.717, 1.165) is 29.7 Å². The fraction of sp³-hybridized carbons (Fsp3) is 0.424. The zero-order chi connectivity index (χ0) is 31.4. The Morgan fingerprint density at radius 2 is 1.84 bits per heavy atom. The van der Waals surface area contributed by atoms with Crippen molar-refractivity contribution in [1.29, 1.82) is 0 Å². The summed E-state index contributed by atoms with van der Waals surface area (Å²) in [7, 11) is 0. The van der Waals surface area contributed by atoms with E-state index in [2.05, 4.69) is 19.2 Å². The second-order valence-electron chi connectivity index (χ2n) is 11.5. The van der Waals surface area contributed by atoms with Gasteiger partial charge in [0.2, 0.25) is 0 Å². The first kappa shape index (κ1) is 32.4. The molecule has 0 aliphatic carbocycles. The minimum absolute atomic E-state index is 0.0785. The molecule has 2 aliphatic rings. The van der Waals surface area contributed by atoms with E-state index in [4.69, 9.17) is 37.4 Å². The number of benzene rings is 3. The predicted molar refractivity (Wildman–Crippen MR) is 166 cm³/mol. The number of carbonyl (C=O) groups is 1. The molecule has 1 N–H and O–H groups in total. The standard InChI is InChI=1S/C33H35Cl2F3N2O4/c1-20(2)27-15-22(26-8-7-24(34)17-28(26)35)18-44-32(27)21-4-3-5-25(14-21)43-19-31(41)39-29-16-23(33(36,37)38)6-9-30(29)40-10-12-42-13-11-40/h3-9,14,16-17,20,22,27,32H,10-13,15,18-19H2,1-2H3,(H,39,41)/t22-,27-,32-/m0/s1. The first-order valence-corrected chi connectivity index (χ1v) is 15.4. The molecule has 44 heavy (non-hydrogen) atoms. The van der Waals surface area contributed by atoms with E-state index >= 15 is 0 Å². The van der Waals surface area contributed by atoms with Gasteiger partial charge in [-0.1, -0.05) is 55.2 Å². The van der Waals surface area contributed by atoms with Gasteiger partial charge < -0.3 is 24.4 Å². The fourth-order valence-corrected chi connectivity index (χ4v) is 6.45. The summed E-state index contributed by atoms with van der Waals surface area (Å²) in [5.41, 5.74) is 1.68. The number of amides is 1. The van der Waals surface area contributed by atoms with Crippen LogP contribution in [0, 0.1) is 11.8 Å². The van der Waals surface area contributed by atoms with Crippen molar-refractivity contribution >= 4 is 40.5 Å². The summed E-state index contributed by atoms with van der Waals surface area (Å²) >= 11 is 12.6. The summed E-state index contributed by atoms with van der Waals surface area (Å²) in [6.45, 7) is 6.35. The number of ether oxygens (including phenoxy) is 3. The highest BCUT2D eigenvalue weighted by atomic mass is 35.5. The van der Waals surface area contributed by atoms with Gasteiger partial charge in [-0.25, -0.2) is 0 Å². The Labute approximate surface area is 265 Å². The normalized spacial score (nSPS) is 20.9. The minimum Gasteiger partial charge on any atom is -0.484 e. The Bertz CT molecular complexity index is 1460.